The lowest BCUT2D eigenvalue weighted by Crippen LogP contribution is -2.06. The maximum Gasteiger partial charge on any atom is 0.222 e. The molecule has 0 aliphatic heterocycles. The number of nitrogens with two attached hydrogens (primary N) is 2. The SMILES string of the molecule is Cc1cc(Cn2nnc3c(-c4ccco4)nc(N)nc32)cc(C)c1N. The number of hydrogen-bond acceptors (Lipinski definition) is 7. The monoisotopic (exact) mass is 335 g/mol. The zero-order chi connectivity index (χ0) is 17.6. The number of rotatable bonds is 3. The first-order valence-electron chi connectivity index (χ1n) is 7.79. The lowest BCUT2D eigenvalue weighted by Gasteiger charge is -2.09. The molecule has 0 saturated carbocycles. The van der Waals surface area contributed by atoms with E-state index in [1.165, 1.54) is 0 Å². The molecular weight excluding hydrogens is 318 g/mol. The van der Waals surface area contributed by atoms with Gasteiger partial charge in [0.2, 0.25) is 5.95 Å². The van der Waals surface area contributed by atoms with E-state index >= 15 is 0 Å². The fourth-order valence-corrected chi connectivity index (χ4v) is 2.89. The Morgan fingerprint density at radius 2 is 1.88 bits per heavy atom. The molecule has 3 aromatic heterocycles. The zero-order valence-electron chi connectivity index (χ0n) is 13.9. The van der Waals surface area contributed by atoms with E-state index in [2.05, 4.69) is 20.3 Å². The van der Waals surface area contributed by atoms with E-state index < -0.39 is 0 Å². The van der Waals surface area contributed by atoms with Crippen LogP contribution in [0.1, 0.15) is 16.7 Å². The van der Waals surface area contributed by atoms with Gasteiger partial charge < -0.3 is 15.9 Å². The minimum absolute atomic E-state index is 0.145. The van der Waals surface area contributed by atoms with Crippen molar-refractivity contribution in [2.45, 2.75) is 20.4 Å². The van der Waals surface area contributed by atoms with Gasteiger partial charge in [0, 0.05) is 5.69 Å². The van der Waals surface area contributed by atoms with Crippen LogP contribution < -0.4 is 11.5 Å². The van der Waals surface area contributed by atoms with Gasteiger partial charge in [-0.1, -0.05) is 17.3 Å². The van der Waals surface area contributed by atoms with Crippen LogP contribution in [0, 0.1) is 13.8 Å². The van der Waals surface area contributed by atoms with Crippen molar-refractivity contribution in [2.24, 2.45) is 0 Å². The largest absolute Gasteiger partial charge is 0.463 e. The van der Waals surface area contributed by atoms with Crippen molar-refractivity contribution in [3.63, 3.8) is 0 Å². The Hall–Kier alpha value is -3.42. The minimum atomic E-state index is 0.145. The van der Waals surface area contributed by atoms with Gasteiger partial charge in [-0.2, -0.15) is 4.98 Å². The summed E-state index contributed by atoms with van der Waals surface area (Å²) < 4.78 is 7.12. The third-order valence-electron chi connectivity index (χ3n) is 4.12. The molecule has 0 aliphatic rings. The molecule has 0 atom stereocenters. The molecule has 4 aromatic rings. The number of furan rings is 1. The molecule has 0 unspecified atom stereocenters. The van der Waals surface area contributed by atoms with Crippen LogP contribution in [-0.4, -0.2) is 25.0 Å². The Labute approximate surface area is 143 Å². The Bertz CT molecular complexity index is 1040. The summed E-state index contributed by atoms with van der Waals surface area (Å²) in [7, 11) is 0. The summed E-state index contributed by atoms with van der Waals surface area (Å²) in [6.07, 6.45) is 1.57. The molecule has 0 bridgehead atoms. The second kappa shape index (κ2) is 5.59. The smallest absolute Gasteiger partial charge is 0.222 e. The molecule has 8 heteroatoms. The number of aromatic nitrogens is 5. The van der Waals surface area contributed by atoms with Gasteiger partial charge in [0.15, 0.2) is 16.9 Å². The highest BCUT2D eigenvalue weighted by molar-refractivity contribution is 5.85. The lowest BCUT2D eigenvalue weighted by molar-refractivity contribution is 0.580. The second-order valence-electron chi connectivity index (χ2n) is 5.97. The Morgan fingerprint density at radius 3 is 2.56 bits per heavy atom. The molecule has 25 heavy (non-hydrogen) atoms. The average Bonchev–Trinajstić information content (AvgIpc) is 3.22. The summed E-state index contributed by atoms with van der Waals surface area (Å²) in [6.45, 7) is 4.48. The van der Waals surface area contributed by atoms with E-state index in [0.717, 1.165) is 22.4 Å². The van der Waals surface area contributed by atoms with Crippen molar-refractivity contribution in [1.29, 1.82) is 0 Å². The van der Waals surface area contributed by atoms with Gasteiger partial charge in [0.05, 0.1) is 12.8 Å². The standard InChI is InChI=1S/C17H17N7O/c1-9-6-11(7-10(2)13(9)18)8-24-16-15(22-23-24)14(20-17(19)21-16)12-4-3-5-25-12/h3-7H,8,18H2,1-2H3,(H2,19,20,21). The highest BCUT2D eigenvalue weighted by Gasteiger charge is 2.17. The summed E-state index contributed by atoms with van der Waals surface area (Å²) in [5.41, 5.74) is 17.5. The molecule has 126 valence electrons. The van der Waals surface area contributed by atoms with Crippen LogP contribution in [0.25, 0.3) is 22.6 Å². The minimum Gasteiger partial charge on any atom is -0.463 e. The van der Waals surface area contributed by atoms with Crippen molar-refractivity contribution in [3.05, 3.63) is 47.2 Å². The molecule has 8 nitrogen and oxygen atoms in total. The number of nitrogens with zero attached hydrogens (tertiary/aromatic N) is 5. The summed E-state index contributed by atoms with van der Waals surface area (Å²) in [6, 6.07) is 7.65. The maximum absolute atomic E-state index is 6.03. The van der Waals surface area contributed by atoms with Crippen molar-refractivity contribution in [2.75, 3.05) is 11.5 Å². The van der Waals surface area contributed by atoms with Crippen LogP contribution in [-0.2, 0) is 6.54 Å². The third kappa shape index (κ3) is 2.57. The van der Waals surface area contributed by atoms with Gasteiger partial charge in [-0.25, -0.2) is 9.67 Å². The summed E-state index contributed by atoms with van der Waals surface area (Å²) >= 11 is 0. The third-order valence-corrected chi connectivity index (χ3v) is 4.12. The predicted molar refractivity (Wildman–Crippen MR) is 94.7 cm³/mol. The normalized spacial score (nSPS) is 11.3. The van der Waals surface area contributed by atoms with E-state index in [1.54, 1.807) is 23.1 Å². The van der Waals surface area contributed by atoms with Crippen LogP contribution in [0.4, 0.5) is 11.6 Å². The van der Waals surface area contributed by atoms with Crippen LogP contribution in [0.3, 0.4) is 0 Å². The molecule has 0 saturated heterocycles. The highest BCUT2D eigenvalue weighted by Crippen LogP contribution is 2.26. The Balaban J connectivity index is 1.82. The molecule has 0 spiro atoms. The van der Waals surface area contributed by atoms with Gasteiger partial charge in [0.25, 0.3) is 0 Å². The summed E-state index contributed by atoms with van der Waals surface area (Å²) in [5, 5.41) is 8.44. The van der Waals surface area contributed by atoms with Crippen LogP contribution >= 0.6 is 0 Å². The number of nitrogen functional groups attached to an aromatic ring is 2. The molecule has 1 aromatic carbocycles. The molecule has 4 rings (SSSR count). The first kappa shape index (κ1) is 15.1. The van der Waals surface area contributed by atoms with Gasteiger partial charge >= 0.3 is 0 Å². The first-order chi connectivity index (χ1) is 12.0. The second-order valence-corrected chi connectivity index (χ2v) is 5.97. The van der Waals surface area contributed by atoms with E-state index in [9.17, 15) is 0 Å². The number of benzene rings is 1. The highest BCUT2D eigenvalue weighted by atomic mass is 16.3. The fraction of sp³-hybridized carbons (Fsp3) is 0.176. The average molecular weight is 335 g/mol. The number of aryl methyl sites for hydroxylation is 2. The van der Waals surface area contributed by atoms with Crippen molar-refractivity contribution < 1.29 is 4.42 Å². The van der Waals surface area contributed by atoms with E-state index in [4.69, 9.17) is 15.9 Å². The molecule has 0 fully saturated rings. The van der Waals surface area contributed by atoms with Crippen molar-refractivity contribution >= 4 is 22.8 Å². The van der Waals surface area contributed by atoms with E-state index in [-0.39, 0.29) is 5.95 Å². The van der Waals surface area contributed by atoms with Crippen LogP contribution in [0.15, 0.2) is 34.9 Å². The van der Waals surface area contributed by atoms with Crippen LogP contribution in [0.2, 0.25) is 0 Å². The summed E-state index contributed by atoms with van der Waals surface area (Å²) in [5.74, 6) is 0.720. The zero-order valence-corrected chi connectivity index (χ0v) is 13.9. The van der Waals surface area contributed by atoms with Gasteiger partial charge in [-0.05, 0) is 42.7 Å². The van der Waals surface area contributed by atoms with E-state index in [1.807, 2.05) is 26.0 Å². The molecular formula is C17H17N7O. The topological polar surface area (TPSA) is 122 Å². The number of anilines is 2. The Morgan fingerprint density at radius 1 is 1.12 bits per heavy atom. The molecule has 0 amide bonds. The number of hydrogen-bond donors (Lipinski definition) is 2. The summed E-state index contributed by atoms with van der Waals surface area (Å²) in [4.78, 5) is 8.55. The van der Waals surface area contributed by atoms with Crippen LogP contribution in [0.5, 0.6) is 0 Å². The predicted octanol–water partition coefficient (Wildman–Crippen LogP) is 2.31. The number of fused-ring (bicyclic) bond motifs is 1. The van der Waals surface area contributed by atoms with Gasteiger partial charge in [-0.3, -0.25) is 0 Å². The Kier molecular flexibility index (Phi) is 3.38. The fourth-order valence-electron chi connectivity index (χ4n) is 2.89. The van der Waals surface area contributed by atoms with Gasteiger partial charge in [-0.15, -0.1) is 5.10 Å². The first-order valence-corrected chi connectivity index (χ1v) is 7.79. The lowest BCUT2D eigenvalue weighted by atomic mass is 10.0. The van der Waals surface area contributed by atoms with E-state index in [0.29, 0.717) is 29.2 Å². The molecule has 0 radical (unpaired) electrons. The van der Waals surface area contributed by atoms with Crippen molar-refractivity contribution in [3.8, 4) is 11.5 Å². The quantitative estimate of drug-likeness (QED) is 0.551. The molecule has 0 aliphatic carbocycles. The molecule has 3 heterocycles. The van der Waals surface area contributed by atoms with Crippen molar-refractivity contribution in [1.82, 2.24) is 25.0 Å². The maximum atomic E-state index is 6.03. The molecule has 4 N–H and O–H groups in total. The van der Waals surface area contributed by atoms with Gasteiger partial charge in [0.1, 0.15) is 5.69 Å².